The molecule has 0 heterocycles. The van der Waals surface area contributed by atoms with Gasteiger partial charge in [0.2, 0.25) is 0 Å². The SMILES string of the molecule is CCOCOc1c(C=O)cccc1OC. The Labute approximate surface area is 88.8 Å². The third-order valence-electron chi connectivity index (χ3n) is 1.85. The van der Waals surface area contributed by atoms with E-state index in [0.717, 1.165) is 6.29 Å². The van der Waals surface area contributed by atoms with Crippen molar-refractivity contribution in [3.8, 4) is 11.5 Å². The zero-order valence-corrected chi connectivity index (χ0v) is 8.86. The van der Waals surface area contributed by atoms with Gasteiger partial charge in [-0.25, -0.2) is 0 Å². The fourth-order valence-corrected chi connectivity index (χ4v) is 1.12. The molecule has 15 heavy (non-hydrogen) atoms. The van der Waals surface area contributed by atoms with Crippen LogP contribution in [-0.2, 0) is 4.74 Å². The molecular weight excluding hydrogens is 196 g/mol. The third-order valence-corrected chi connectivity index (χ3v) is 1.85. The second-order valence-corrected chi connectivity index (χ2v) is 2.75. The van der Waals surface area contributed by atoms with Crippen LogP contribution in [0.1, 0.15) is 17.3 Å². The van der Waals surface area contributed by atoms with Gasteiger partial charge in [0.1, 0.15) is 0 Å². The predicted molar refractivity (Wildman–Crippen MR) is 55.5 cm³/mol. The number of rotatable bonds is 6. The lowest BCUT2D eigenvalue weighted by Crippen LogP contribution is -2.05. The number of methoxy groups -OCH3 is 1. The molecule has 1 aromatic carbocycles. The zero-order valence-electron chi connectivity index (χ0n) is 8.86. The highest BCUT2D eigenvalue weighted by molar-refractivity contribution is 5.81. The lowest BCUT2D eigenvalue weighted by molar-refractivity contribution is 0.0205. The third kappa shape index (κ3) is 2.95. The molecule has 4 nitrogen and oxygen atoms in total. The van der Waals surface area contributed by atoms with Crippen LogP contribution in [0.15, 0.2) is 18.2 Å². The van der Waals surface area contributed by atoms with Gasteiger partial charge in [-0.1, -0.05) is 6.07 Å². The van der Waals surface area contributed by atoms with Crippen LogP contribution in [0.4, 0.5) is 0 Å². The maximum atomic E-state index is 10.8. The van der Waals surface area contributed by atoms with Crippen molar-refractivity contribution in [2.24, 2.45) is 0 Å². The Morgan fingerprint density at radius 2 is 2.20 bits per heavy atom. The van der Waals surface area contributed by atoms with E-state index in [2.05, 4.69) is 0 Å². The normalized spacial score (nSPS) is 9.73. The van der Waals surface area contributed by atoms with Crippen molar-refractivity contribution in [2.45, 2.75) is 6.92 Å². The predicted octanol–water partition coefficient (Wildman–Crippen LogP) is 1.88. The quantitative estimate of drug-likeness (QED) is 0.408. The molecule has 0 aromatic heterocycles. The van der Waals surface area contributed by atoms with E-state index in [9.17, 15) is 4.79 Å². The van der Waals surface area contributed by atoms with Crippen LogP contribution in [0.5, 0.6) is 11.5 Å². The van der Waals surface area contributed by atoms with E-state index in [1.165, 1.54) is 7.11 Å². The number of hydrogen-bond donors (Lipinski definition) is 0. The van der Waals surface area contributed by atoms with Gasteiger partial charge in [-0.2, -0.15) is 0 Å². The molecule has 0 fully saturated rings. The summed E-state index contributed by atoms with van der Waals surface area (Å²) < 4.78 is 15.4. The van der Waals surface area contributed by atoms with Gasteiger partial charge in [-0.15, -0.1) is 0 Å². The van der Waals surface area contributed by atoms with Gasteiger partial charge < -0.3 is 14.2 Å². The van der Waals surface area contributed by atoms with Gasteiger partial charge >= 0.3 is 0 Å². The molecule has 0 saturated carbocycles. The van der Waals surface area contributed by atoms with Gasteiger partial charge in [0.15, 0.2) is 24.6 Å². The van der Waals surface area contributed by atoms with E-state index in [4.69, 9.17) is 14.2 Å². The Hall–Kier alpha value is -1.55. The molecule has 0 unspecified atom stereocenters. The van der Waals surface area contributed by atoms with Crippen molar-refractivity contribution in [3.63, 3.8) is 0 Å². The first-order valence-corrected chi connectivity index (χ1v) is 4.66. The summed E-state index contributed by atoms with van der Waals surface area (Å²) in [4.78, 5) is 10.8. The first-order valence-electron chi connectivity index (χ1n) is 4.66. The standard InChI is InChI=1S/C11H14O4/c1-3-14-8-15-11-9(7-12)5-4-6-10(11)13-2/h4-7H,3,8H2,1-2H3. The fourth-order valence-electron chi connectivity index (χ4n) is 1.12. The van der Waals surface area contributed by atoms with E-state index in [1.54, 1.807) is 18.2 Å². The fraction of sp³-hybridized carbons (Fsp3) is 0.364. The van der Waals surface area contributed by atoms with Gasteiger partial charge in [0, 0.05) is 6.61 Å². The Bertz CT molecular complexity index is 322. The monoisotopic (exact) mass is 210 g/mol. The second-order valence-electron chi connectivity index (χ2n) is 2.75. The van der Waals surface area contributed by atoms with Crippen LogP contribution in [0.25, 0.3) is 0 Å². The van der Waals surface area contributed by atoms with Crippen LogP contribution < -0.4 is 9.47 Å². The van der Waals surface area contributed by atoms with Crippen molar-refractivity contribution in [1.82, 2.24) is 0 Å². The summed E-state index contributed by atoms with van der Waals surface area (Å²) in [6.07, 6.45) is 0.726. The Kier molecular flexibility index (Phi) is 4.63. The van der Waals surface area contributed by atoms with Crippen molar-refractivity contribution in [2.75, 3.05) is 20.5 Å². The highest BCUT2D eigenvalue weighted by atomic mass is 16.7. The minimum Gasteiger partial charge on any atom is -0.493 e. The molecule has 0 amide bonds. The van der Waals surface area contributed by atoms with Crippen molar-refractivity contribution in [3.05, 3.63) is 23.8 Å². The van der Waals surface area contributed by atoms with Crippen LogP contribution in [-0.4, -0.2) is 26.8 Å². The molecule has 0 aliphatic carbocycles. The molecule has 0 saturated heterocycles. The molecule has 1 aromatic rings. The maximum absolute atomic E-state index is 10.8. The van der Waals surface area contributed by atoms with Crippen LogP contribution in [0.3, 0.4) is 0 Å². The molecule has 1 rings (SSSR count). The molecule has 0 radical (unpaired) electrons. The topological polar surface area (TPSA) is 44.8 Å². The number of carbonyl (C=O) groups is 1. The average Bonchev–Trinajstić information content (AvgIpc) is 2.29. The molecule has 82 valence electrons. The average molecular weight is 210 g/mol. The summed E-state index contributed by atoms with van der Waals surface area (Å²) in [7, 11) is 1.53. The molecule has 0 bridgehead atoms. The summed E-state index contributed by atoms with van der Waals surface area (Å²) in [5.74, 6) is 0.947. The Balaban J connectivity index is 2.85. The molecule has 0 aliphatic heterocycles. The summed E-state index contributed by atoms with van der Waals surface area (Å²) in [5.41, 5.74) is 0.453. The molecule has 4 heteroatoms. The van der Waals surface area contributed by atoms with E-state index >= 15 is 0 Å². The van der Waals surface area contributed by atoms with E-state index in [-0.39, 0.29) is 6.79 Å². The van der Waals surface area contributed by atoms with E-state index in [0.29, 0.717) is 23.7 Å². The largest absolute Gasteiger partial charge is 0.493 e. The van der Waals surface area contributed by atoms with E-state index in [1.807, 2.05) is 6.92 Å². The van der Waals surface area contributed by atoms with E-state index < -0.39 is 0 Å². The van der Waals surface area contributed by atoms with Crippen LogP contribution in [0, 0.1) is 0 Å². The minimum absolute atomic E-state index is 0.109. The van der Waals surface area contributed by atoms with Gasteiger partial charge in [0.25, 0.3) is 0 Å². The lowest BCUT2D eigenvalue weighted by Gasteiger charge is -2.11. The molecular formula is C11H14O4. The number of carbonyl (C=O) groups excluding carboxylic acids is 1. The molecule has 0 N–H and O–H groups in total. The molecule has 0 spiro atoms. The summed E-state index contributed by atoms with van der Waals surface area (Å²) in [6, 6.07) is 5.13. The lowest BCUT2D eigenvalue weighted by atomic mass is 10.2. The number of aldehydes is 1. The highest BCUT2D eigenvalue weighted by Gasteiger charge is 2.09. The first-order chi connectivity index (χ1) is 7.33. The summed E-state index contributed by atoms with van der Waals surface area (Å²) >= 11 is 0. The van der Waals surface area contributed by atoms with Crippen LogP contribution >= 0.6 is 0 Å². The van der Waals surface area contributed by atoms with Gasteiger partial charge in [-0.05, 0) is 19.1 Å². The van der Waals surface area contributed by atoms with Crippen molar-refractivity contribution < 1.29 is 19.0 Å². The number of ether oxygens (including phenoxy) is 3. The van der Waals surface area contributed by atoms with Crippen molar-refractivity contribution >= 4 is 6.29 Å². The Morgan fingerprint density at radius 1 is 1.40 bits per heavy atom. The number of benzene rings is 1. The zero-order chi connectivity index (χ0) is 11.1. The van der Waals surface area contributed by atoms with Gasteiger partial charge in [0.05, 0.1) is 12.7 Å². The molecule has 0 aliphatic rings. The number of para-hydroxylation sites is 1. The van der Waals surface area contributed by atoms with Crippen LogP contribution in [0.2, 0.25) is 0 Å². The minimum atomic E-state index is 0.109. The van der Waals surface area contributed by atoms with Gasteiger partial charge in [-0.3, -0.25) is 4.79 Å². The summed E-state index contributed by atoms with van der Waals surface area (Å²) in [6.45, 7) is 2.54. The first kappa shape index (κ1) is 11.5. The Morgan fingerprint density at radius 3 is 2.80 bits per heavy atom. The highest BCUT2D eigenvalue weighted by Crippen LogP contribution is 2.29. The maximum Gasteiger partial charge on any atom is 0.189 e. The smallest absolute Gasteiger partial charge is 0.189 e. The second kappa shape index (κ2) is 6.03. The summed E-state index contributed by atoms with van der Waals surface area (Å²) in [5, 5.41) is 0. The van der Waals surface area contributed by atoms with Crippen molar-refractivity contribution in [1.29, 1.82) is 0 Å². The molecule has 0 atom stereocenters. The number of hydrogen-bond acceptors (Lipinski definition) is 4.